The molecule has 2 aromatic carbocycles. The summed E-state index contributed by atoms with van der Waals surface area (Å²) < 4.78 is 33.0. The van der Waals surface area contributed by atoms with Crippen molar-refractivity contribution in [3.8, 4) is 5.75 Å². The van der Waals surface area contributed by atoms with Crippen molar-refractivity contribution in [3.05, 3.63) is 52.5 Å². The number of carbonyl (C=O) groups excluding carboxylic acids is 1. The Hall–Kier alpha value is -2.09. The fourth-order valence-corrected chi connectivity index (χ4v) is 6.06. The topological polar surface area (TPSA) is 75.7 Å². The third-order valence-corrected chi connectivity index (χ3v) is 8.02. The monoisotopic (exact) mass is 448 g/mol. The van der Waals surface area contributed by atoms with Crippen molar-refractivity contribution in [1.82, 2.24) is 4.31 Å². The molecule has 1 saturated heterocycles. The van der Waals surface area contributed by atoms with Crippen molar-refractivity contribution in [2.45, 2.75) is 49.5 Å². The van der Waals surface area contributed by atoms with Gasteiger partial charge < -0.3 is 10.1 Å². The van der Waals surface area contributed by atoms with Crippen LogP contribution in [-0.2, 0) is 27.7 Å². The highest BCUT2D eigenvalue weighted by Gasteiger charge is 2.39. The largest absolute Gasteiger partial charge is 0.495 e. The van der Waals surface area contributed by atoms with Crippen LogP contribution in [0, 0.1) is 0 Å². The first-order valence-electron chi connectivity index (χ1n) is 10.2. The van der Waals surface area contributed by atoms with Gasteiger partial charge in [-0.25, -0.2) is 8.42 Å². The summed E-state index contributed by atoms with van der Waals surface area (Å²) in [6.07, 6.45) is 5.38. The van der Waals surface area contributed by atoms with Crippen LogP contribution in [0.4, 0.5) is 5.69 Å². The quantitative estimate of drug-likeness (QED) is 0.749. The van der Waals surface area contributed by atoms with Crippen molar-refractivity contribution in [2.24, 2.45) is 0 Å². The molecule has 2 aromatic rings. The van der Waals surface area contributed by atoms with Gasteiger partial charge in [-0.1, -0.05) is 11.6 Å². The van der Waals surface area contributed by atoms with Crippen LogP contribution in [0.25, 0.3) is 0 Å². The van der Waals surface area contributed by atoms with Gasteiger partial charge in [0.05, 0.1) is 17.7 Å². The number of nitrogens with one attached hydrogen (secondary N) is 1. The van der Waals surface area contributed by atoms with E-state index in [9.17, 15) is 13.2 Å². The maximum Gasteiger partial charge on any atom is 0.243 e. The molecule has 1 heterocycles. The maximum absolute atomic E-state index is 13.1. The molecule has 0 saturated carbocycles. The van der Waals surface area contributed by atoms with E-state index in [4.69, 9.17) is 16.3 Å². The van der Waals surface area contributed by atoms with Crippen LogP contribution in [0.3, 0.4) is 0 Å². The van der Waals surface area contributed by atoms with Crippen molar-refractivity contribution in [1.29, 1.82) is 0 Å². The molecule has 1 aliphatic carbocycles. The van der Waals surface area contributed by atoms with Gasteiger partial charge in [-0.05, 0) is 86.1 Å². The van der Waals surface area contributed by atoms with E-state index in [-0.39, 0.29) is 10.8 Å². The molecule has 30 heavy (non-hydrogen) atoms. The number of anilines is 1. The van der Waals surface area contributed by atoms with E-state index in [0.29, 0.717) is 35.8 Å². The Morgan fingerprint density at radius 3 is 2.43 bits per heavy atom. The lowest BCUT2D eigenvalue weighted by Gasteiger charge is -2.24. The molecule has 1 amide bonds. The number of hydrogen-bond donors (Lipinski definition) is 1. The molecule has 1 aliphatic heterocycles. The van der Waals surface area contributed by atoms with Crippen LogP contribution in [0.1, 0.15) is 36.8 Å². The standard InChI is InChI=1S/C22H25ClN2O4S/c1-29-21-14-16-6-3-2-5-15(16)13-19(21)24-22(26)20-7-4-12-25(20)30(27,28)18-10-8-17(23)9-11-18/h8-11,13-14,20H,2-7,12H2,1H3,(H,24,26)/t20-/m0/s1. The number of rotatable bonds is 5. The molecule has 1 fully saturated rings. The minimum absolute atomic E-state index is 0.137. The molecule has 6 nitrogen and oxygen atoms in total. The average Bonchev–Trinajstić information content (AvgIpc) is 3.24. The molecule has 0 spiro atoms. The van der Waals surface area contributed by atoms with Crippen molar-refractivity contribution >= 4 is 33.2 Å². The number of fused-ring (bicyclic) bond motifs is 1. The van der Waals surface area contributed by atoms with E-state index in [1.807, 2.05) is 12.1 Å². The van der Waals surface area contributed by atoms with Crippen LogP contribution in [0.2, 0.25) is 5.02 Å². The zero-order valence-electron chi connectivity index (χ0n) is 16.9. The van der Waals surface area contributed by atoms with Crippen molar-refractivity contribution in [2.75, 3.05) is 19.0 Å². The lowest BCUT2D eigenvalue weighted by molar-refractivity contribution is -0.119. The number of amides is 1. The number of sulfonamides is 1. The second kappa shape index (κ2) is 8.57. The Morgan fingerprint density at radius 1 is 1.10 bits per heavy atom. The predicted octanol–water partition coefficient (Wildman–Crippen LogP) is 4.02. The summed E-state index contributed by atoms with van der Waals surface area (Å²) in [6.45, 7) is 0.310. The summed E-state index contributed by atoms with van der Waals surface area (Å²) in [7, 11) is -2.21. The van der Waals surface area contributed by atoms with Crippen LogP contribution < -0.4 is 10.1 Å². The number of benzene rings is 2. The Kier molecular flexibility index (Phi) is 6.04. The summed E-state index contributed by atoms with van der Waals surface area (Å²) >= 11 is 5.89. The van der Waals surface area contributed by atoms with Gasteiger partial charge in [0, 0.05) is 11.6 Å². The highest BCUT2D eigenvalue weighted by molar-refractivity contribution is 7.89. The van der Waals surface area contributed by atoms with Crippen LogP contribution >= 0.6 is 11.6 Å². The molecule has 1 atom stereocenters. The number of carbonyl (C=O) groups is 1. The lowest BCUT2D eigenvalue weighted by Crippen LogP contribution is -2.43. The van der Waals surface area contributed by atoms with E-state index in [2.05, 4.69) is 5.32 Å². The Bertz CT molecular complexity index is 1050. The van der Waals surface area contributed by atoms with E-state index < -0.39 is 16.1 Å². The van der Waals surface area contributed by atoms with Crippen LogP contribution in [0.15, 0.2) is 41.3 Å². The number of nitrogens with zero attached hydrogens (tertiary/aromatic N) is 1. The van der Waals surface area contributed by atoms with Gasteiger partial charge in [0.25, 0.3) is 0 Å². The Labute approximate surface area is 182 Å². The predicted molar refractivity (Wildman–Crippen MR) is 117 cm³/mol. The highest BCUT2D eigenvalue weighted by atomic mass is 35.5. The van der Waals surface area contributed by atoms with E-state index in [0.717, 1.165) is 25.7 Å². The highest BCUT2D eigenvalue weighted by Crippen LogP contribution is 2.34. The molecular weight excluding hydrogens is 424 g/mol. The molecule has 160 valence electrons. The third kappa shape index (κ3) is 4.06. The number of aryl methyl sites for hydroxylation is 2. The van der Waals surface area contributed by atoms with Crippen LogP contribution in [0.5, 0.6) is 5.75 Å². The van der Waals surface area contributed by atoms with Crippen molar-refractivity contribution < 1.29 is 17.9 Å². The number of halogens is 1. The Morgan fingerprint density at radius 2 is 1.77 bits per heavy atom. The van der Waals surface area contributed by atoms with Gasteiger partial charge in [-0.3, -0.25) is 4.79 Å². The molecule has 2 aliphatic rings. The number of hydrogen-bond acceptors (Lipinski definition) is 4. The second-order valence-electron chi connectivity index (χ2n) is 7.75. The fraction of sp³-hybridized carbons (Fsp3) is 0.409. The summed E-state index contributed by atoms with van der Waals surface area (Å²) in [4.78, 5) is 13.2. The van der Waals surface area contributed by atoms with Crippen molar-refractivity contribution in [3.63, 3.8) is 0 Å². The molecule has 8 heteroatoms. The lowest BCUT2D eigenvalue weighted by atomic mass is 9.91. The molecule has 1 N–H and O–H groups in total. The SMILES string of the molecule is COc1cc2c(cc1NC(=O)[C@@H]1CCCN1S(=O)(=O)c1ccc(Cl)cc1)CCCC2. The van der Waals surface area contributed by atoms with E-state index in [1.54, 1.807) is 7.11 Å². The van der Waals surface area contributed by atoms with Crippen LogP contribution in [-0.4, -0.2) is 38.3 Å². The number of methoxy groups -OCH3 is 1. The second-order valence-corrected chi connectivity index (χ2v) is 10.1. The number of ether oxygens (including phenoxy) is 1. The smallest absolute Gasteiger partial charge is 0.243 e. The van der Waals surface area contributed by atoms with Gasteiger partial charge >= 0.3 is 0 Å². The molecule has 0 unspecified atom stereocenters. The van der Waals surface area contributed by atoms with E-state index in [1.165, 1.54) is 39.7 Å². The third-order valence-electron chi connectivity index (χ3n) is 5.85. The summed E-state index contributed by atoms with van der Waals surface area (Å²) in [5, 5.41) is 3.39. The minimum atomic E-state index is -3.79. The summed E-state index contributed by atoms with van der Waals surface area (Å²) in [6, 6.07) is 9.22. The minimum Gasteiger partial charge on any atom is -0.495 e. The fourth-order valence-electron chi connectivity index (χ4n) is 4.28. The Balaban J connectivity index is 1.58. The molecule has 0 bridgehead atoms. The van der Waals surface area contributed by atoms with Gasteiger partial charge in [-0.15, -0.1) is 0 Å². The first kappa shape index (κ1) is 21.2. The zero-order valence-corrected chi connectivity index (χ0v) is 18.4. The van der Waals surface area contributed by atoms with Gasteiger partial charge in [0.2, 0.25) is 15.9 Å². The molecular formula is C22H25ClN2O4S. The summed E-state index contributed by atoms with van der Waals surface area (Å²) in [5.41, 5.74) is 3.07. The average molecular weight is 449 g/mol. The zero-order chi connectivity index (χ0) is 21.3. The molecule has 0 radical (unpaired) electrons. The van der Waals surface area contributed by atoms with E-state index >= 15 is 0 Å². The van der Waals surface area contributed by atoms with Gasteiger partial charge in [-0.2, -0.15) is 4.31 Å². The molecule has 0 aromatic heterocycles. The maximum atomic E-state index is 13.1. The van der Waals surface area contributed by atoms with Gasteiger partial charge in [0.15, 0.2) is 0 Å². The summed E-state index contributed by atoms with van der Waals surface area (Å²) in [5.74, 6) is 0.271. The first-order chi connectivity index (χ1) is 14.4. The normalized spacial score (nSPS) is 19.3. The molecule has 4 rings (SSSR count). The first-order valence-corrected chi connectivity index (χ1v) is 12.0. The van der Waals surface area contributed by atoms with Gasteiger partial charge in [0.1, 0.15) is 11.8 Å².